The van der Waals surface area contributed by atoms with Gasteiger partial charge >= 0.3 is 0 Å². The van der Waals surface area contributed by atoms with Crippen molar-refractivity contribution in [2.24, 2.45) is 0 Å². The highest BCUT2D eigenvalue weighted by Crippen LogP contribution is 2.33. The van der Waals surface area contributed by atoms with Crippen LogP contribution >= 0.6 is 0 Å². The average Bonchev–Trinajstić information content (AvgIpc) is 2.38. The Morgan fingerprint density at radius 1 is 1.00 bits per heavy atom. The molecule has 3 nitrogen and oxygen atoms in total. The number of benzene rings is 1. The van der Waals surface area contributed by atoms with Gasteiger partial charge in [-0.1, -0.05) is 0 Å². The maximum absolute atomic E-state index is 12.6. The van der Waals surface area contributed by atoms with Crippen LogP contribution in [0.5, 0.6) is 0 Å². The van der Waals surface area contributed by atoms with Crippen LogP contribution in [0.15, 0.2) is 0 Å². The van der Waals surface area contributed by atoms with Gasteiger partial charge in [-0.25, -0.2) is 0 Å². The molecule has 0 atom stereocenters. The molecule has 1 saturated carbocycles. The lowest BCUT2D eigenvalue weighted by Crippen LogP contribution is -2.56. The molecule has 0 spiro atoms. The monoisotopic (exact) mass is 275 g/mol. The molecule has 1 fully saturated rings. The zero-order chi connectivity index (χ0) is 15.1. The number of rotatable bonds is 3. The van der Waals surface area contributed by atoms with Gasteiger partial charge in [-0.05, 0) is 81.7 Å². The predicted octanol–water partition coefficient (Wildman–Crippen LogP) is 2.87. The SMILES string of the molecule is Cc1c(C)c(C)c(C(=O)NC2(CO)CCC2)c(C)c1C. The van der Waals surface area contributed by atoms with Crippen molar-refractivity contribution in [1.82, 2.24) is 5.32 Å². The second-order valence-electron chi connectivity index (χ2n) is 6.25. The highest BCUT2D eigenvalue weighted by molar-refractivity contribution is 5.98. The highest BCUT2D eigenvalue weighted by Gasteiger charge is 2.38. The minimum absolute atomic E-state index is 0.0284. The van der Waals surface area contributed by atoms with Crippen molar-refractivity contribution in [3.05, 3.63) is 33.4 Å². The molecule has 20 heavy (non-hydrogen) atoms. The summed E-state index contributed by atoms with van der Waals surface area (Å²) in [7, 11) is 0. The molecule has 3 heteroatoms. The summed E-state index contributed by atoms with van der Waals surface area (Å²) < 4.78 is 0. The summed E-state index contributed by atoms with van der Waals surface area (Å²) in [5, 5.41) is 12.6. The fraction of sp³-hybridized carbons (Fsp3) is 0.588. The first-order valence-electron chi connectivity index (χ1n) is 7.33. The molecule has 0 aliphatic heterocycles. The van der Waals surface area contributed by atoms with Crippen LogP contribution < -0.4 is 5.32 Å². The number of carbonyl (C=O) groups excluding carboxylic acids is 1. The number of aliphatic hydroxyl groups excluding tert-OH is 1. The minimum atomic E-state index is -0.386. The highest BCUT2D eigenvalue weighted by atomic mass is 16.3. The Labute approximate surface area is 121 Å². The summed E-state index contributed by atoms with van der Waals surface area (Å²) in [6, 6.07) is 0. The molecule has 1 aromatic carbocycles. The molecule has 110 valence electrons. The summed E-state index contributed by atoms with van der Waals surface area (Å²) in [6.45, 7) is 10.3. The van der Waals surface area contributed by atoms with Crippen LogP contribution in [-0.4, -0.2) is 23.2 Å². The Kier molecular flexibility index (Phi) is 3.92. The Balaban J connectivity index is 2.40. The lowest BCUT2D eigenvalue weighted by atomic mass is 9.77. The molecular weight excluding hydrogens is 250 g/mol. The van der Waals surface area contributed by atoms with Gasteiger partial charge in [-0.2, -0.15) is 0 Å². The largest absolute Gasteiger partial charge is 0.394 e. The predicted molar refractivity (Wildman–Crippen MR) is 81.3 cm³/mol. The molecule has 2 N–H and O–H groups in total. The van der Waals surface area contributed by atoms with Crippen molar-refractivity contribution < 1.29 is 9.90 Å². The number of hydrogen-bond acceptors (Lipinski definition) is 2. The molecule has 1 aliphatic rings. The van der Waals surface area contributed by atoms with E-state index >= 15 is 0 Å². The van der Waals surface area contributed by atoms with Gasteiger partial charge in [0.25, 0.3) is 5.91 Å². The van der Waals surface area contributed by atoms with Gasteiger partial charge in [0, 0.05) is 5.56 Å². The second-order valence-corrected chi connectivity index (χ2v) is 6.25. The molecule has 0 bridgehead atoms. The van der Waals surface area contributed by atoms with Crippen molar-refractivity contribution in [3.8, 4) is 0 Å². The van der Waals surface area contributed by atoms with Crippen molar-refractivity contribution in [1.29, 1.82) is 0 Å². The van der Waals surface area contributed by atoms with Gasteiger partial charge < -0.3 is 10.4 Å². The number of amides is 1. The van der Waals surface area contributed by atoms with E-state index < -0.39 is 0 Å². The summed E-state index contributed by atoms with van der Waals surface area (Å²) in [4.78, 5) is 12.6. The van der Waals surface area contributed by atoms with Gasteiger partial charge in [0.1, 0.15) is 0 Å². The quantitative estimate of drug-likeness (QED) is 0.891. The summed E-state index contributed by atoms with van der Waals surface area (Å²) in [5.41, 5.74) is 6.13. The van der Waals surface area contributed by atoms with E-state index in [1.165, 1.54) is 16.7 Å². The molecular formula is C17H25NO2. The van der Waals surface area contributed by atoms with Gasteiger partial charge in [0.2, 0.25) is 0 Å². The van der Waals surface area contributed by atoms with E-state index in [4.69, 9.17) is 0 Å². The van der Waals surface area contributed by atoms with Crippen LogP contribution in [0, 0.1) is 34.6 Å². The molecule has 0 heterocycles. The Hall–Kier alpha value is -1.35. The maximum Gasteiger partial charge on any atom is 0.252 e. The number of carbonyl (C=O) groups is 1. The fourth-order valence-electron chi connectivity index (χ4n) is 3.07. The third-order valence-electron chi connectivity index (χ3n) is 5.22. The van der Waals surface area contributed by atoms with E-state index in [1.807, 2.05) is 13.8 Å². The number of aliphatic hydroxyl groups is 1. The smallest absolute Gasteiger partial charge is 0.252 e. The van der Waals surface area contributed by atoms with Crippen LogP contribution in [0.1, 0.15) is 57.4 Å². The minimum Gasteiger partial charge on any atom is -0.394 e. The Bertz CT molecular complexity index is 522. The fourth-order valence-corrected chi connectivity index (χ4v) is 3.07. The zero-order valence-corrected chi connectivity index (χ0v) is 13.2. The van der Waals surface area contributed by atoms with E-state index in [1.54, 1.807) is 0 Å². The first-order chi connectivity index (χ1) is 9.33. The Morgan fingerprint density at radius 3 is 1.80 bits per heavy atom. The average molecular weight is 275 g/mol. The van der Waals surface area contributed by atoms with Crippen molar-refractivity contribution in [2.45, 2.75) is 59.4 Å². The molecule has 1 aromatic rings. The van der Waals surface area contributed by atoms with E-state index in [2.05, 4.69) is 26.1 Å². The first kappa shape index (κ1) is 15.0. The summed E-state index contributed by atoms with van der Waals surface area (Å²) >= 11 is 0. The molecule has 0 aromatic heterocycles. The molecule has 0 radical (unpaired) electrons. The van der Waals surface area contributed by atoms with Crippen LogP contribution in [0.3, 0.4) is 0 Å². The van der Waals surface area contributed by atoms with E-state index in [0.717, 1.165) is 36.0 Å². The molecule has 1 amide bonds. The van der Waals surface area contributed by atoms with Crippen LogP contribution in [0.2, 0.25) is 0 Å². The standard InChI is InChI=1S/C17H25NO2/c1-10-11(2)13(4)15(14(5)12(10)3)16(20)18-17(9-19)7-6-8-17/h19H,6-9H2,1-5H3,(H,18,20). The number of nitrogens with one attached hydrogen (secondary N) is 1. The lowest BCUT2D eigenvalue weighted by Gasteiger charge is -2.41. The van der Waals surface area contributed by atoms with Gasteiger partial charge in [0.15, 0.2) is 0 Å². The van der Waals surface area contributed by atoms with Crippen LogP contribution in [0.25, 0.3) is 0 Å². The zero-order valence-electron chi connectivity index (χ0n) is 13.2. The Morgan fingerprint density at radius 2 is 1.45 bits per heavy atom. The molecule has 0 unspecified atom stereocenters. The molecule has 0 saturated heterocycles. The van der Waals surface area contributed by atoms with E-state index in [0.29, 0.717) is 0 Å². The summed E-state index contributed by atoms with van der Waals surface area (Å²) in [6.07, 6.45) is 2.82. The molecule has 2 rings (SSSR count). The normalized spacial score (nSPS) is 16.7. The topological polar surface area (TPSA) is 49.3 Å². The first-order valence-corrected chi connectivity index (χ1v) is 7.33. The van der Waals surface area contributed by atoms with Crippen molar-refractivity contribution in [3.63, 3.8) is 0 Å². The molecule has 1 aliphatic carbocycles. The van der Waals surface area contributed by atoms with E-state index in [-0.39, 0.29) is 18.1 Å². The lowest BCUT2D eigenvalue weighted by molar-refractivity contribution is 0.0640. The summed E-state index contributed by atoms with van der Waals surface area (Å²) in [5.74, 6) is -0.0417. The van der Waals surface area contributed by atoms with E-state index in [9.17, 15) is 9.90 Å². The van der Waals surface area contributed by atoms with Crippen LogP contribution in [0.4, 0.5) is 0 Å². The van der Waals surface area contributed by atoms with Gasteiger partial charge in [-0.15, -0.1) is 0 Å². The number of hydrogen-bond donors (Lipinski definition) is 2. The van der Waals surface area contributed by atoms with Crippen LogP contribution in [-0.2, 0) is 0 Å². The third kappa shape index (κ3) is 2.24. The van der Waals surface area contributed by atoms with Crippen molar-refractivity contribution in [2.75, 3.05) is 6.61 Å². The maximum atomic E-state index is 12.6. The van der Waals surface area contributed by atoms with Gasteiger partial charge in [0.05, 0.1) is 12.1 Å². The van der Waals surface area contributed by atoms with Crippen molar-refractivity contribution >= 4 is 5.91 Å². The third-order valence-corrected chi connectivity index (χ3v) is 5.22. The second kappa shape index (κ2) is 5.21. The van der Waals surface area contributed by atoms with Gasteiger partial charge in [-0.3, -0.25) is 4.79 Å².